The third-order valence-electron chi connectivity index (χ3n) is 3.46. The van der Waals surface area contributed by atoms with Gasteiger partial charge in [0.1, 0.15) is 12.4 Å². The van der Waals surface area contributed by atoms with Crippen LogP contribution in [0.5, 0.6) is 5.75 Å². The van der Waals surface area contributed by atoms with Crippen molar-refractivity contribution in [1.29, 1.82) is 5.26 Å². The van der Waals surface area contributed by atoms with Crippen LogP contribution in [-0.2, 0) is 17.8 Å². The number of nitrogens with zero attached hydrogens (tertiary/aromatic N) is 1. The fourth-order valence-corrected chi connectivity index (χ4v) is 2.29. The van der Waals surface area contributed by atoms with Crippen molar-refractivity contribution < 1.29 is 9.53 Å². The zero-order valence-corrected chi connectivity index (χ0v) is 11.4. The number of nitrogens with one attached hydrogen (secondary N) is 1. The highest BCUT2D eigenvalue weighted by atomic mass is 16.5. The Kier molecular flexibility index (Phi) is 3.57. The summed E-state index contributed by atoms with van der Waals surface area (Å²) in [5, 5.41) is 11.6. The molecule has 1 aliphatic rings. The first-order valence-corrected chi connectivity index (χ1v) is 6.79. The van der Waals surface area contributed by atoms with Crippen LogP contribution in [0.3, 0.4) is 0 Å². The molecular weight excluding hydrogens is 264 g/mol. The van der Waals surface area contributed by atoms with E-state index in [1.807, 2.05) is 30.3 Å². The molecule has 1 aliphatic heterocycles. The number of aryl methyl sites for hydroxylation is 1. The normalized spacial score (nSPS) is 13.0. The lowest BCUT2D eigenvalue weighted by molar-refractivity contribution is -0.116. The van der Waals surface area contributed by atoms with Gasteiger partial charge < -0.3 is 10.1 Å². The summed E-state index contributed by atoms with van der Waals surface area (Å²) in [7, 11) is 0. The van der Waals surface area contributed by atoms with Gasteiger partial charge in [-0.25, -0.2) is 0 Å². The maximum Gasteiger partial charge on any atom is 0.224 e. The van der Waals surface area contributed by atoms with Crippen LogP contribution in [0.25, 0.3) is 0 Å². The molecule has 0 atom stereocenters. The molecule has 3 rings (SSSR count). The summed E-state index contributed by atoms with van der Waals surface area (Å²) in [6, 6.07) is 15.1. The third kappa shape index (κ3) is 3.03. The Balaban J connectivity index is 1.68. The van der Waals surface area contributed by atoms with Crippen molar-refractivity contribution >= 4 is 11.6 Å². The number of fused-ring (bicyclic) bond motifs is 1. The van der Waals surface area contributed by atoms with Gasteiger partial charge >= 0.3 is 0 Å². The molecule has 0 saturated heterocycles. The average Bonchev–Trinajstić information content (AvgIpc) is 2.53. The highest BCUT2D eigenvalue weighted by Gasteiger charge is 2.14. The zero-order chi connectivity index (χ0) is 14.7. The molecule has 21 heavy (non-hydrogen) atoms. The van der Waals surface area contributed by atoms with Crippen LogP contribution in [0.15, 0.2) is 42.5 Å². The van der Waals surface area contributed by atoms with Crippen LogP contribution < -0.4 is 10.1 Å². The quantitative estimate of drug-likeness (QED) is 0.938. The van der Waals surface area contributed by atoms with Crippen LogP contribution in [-0.4, -0.2) is 5.91 Å². The van der Waals surface area contributed by atoms with Crippen LogP contribution in [0.2, 0.25) is 0 Å². The second-order valence-corrected chi connectivity index (χ2v) is 4.96. The molecule has 2 aromatic carbocycles. The van der Waals surface area contributed by atoms with E-state index < -0.39 is 0 Å². The molecule has 1 heterocycles. The monoisotopic (exact) mass is 278 g/mol. The summed E-state index contributed by atoms with van der Waals surface area (Å²) in [5.41, 5.74) is 3.63. The first-order chi connectivity index (χ1) is 10.2. The summed E-state index contributed by atoms with van der Waals surface area (Å²) < 4.78 is 5.76. The number of hydrogen-bond acceptors (Lipinski definition) is 3. The van der Waals surface area contributed by atoms with E-state index in [-0.39, 0.29) is 5.91 Å². The van der Waals surface area contributed by atoms with Crippen molar-refractivity contribution in [2.24, 2.45) is 0 Å². The van der Waals surface area contributed by atoms with Crippen molar-refractivity contribution in [3.63, 3.8) is 0 Å². The van der Waals surface area contributed by atoms with Crippen molar-refractivity contribution in [2.45, 2.75) is 19.4 Å². The number of nitriles is 1. The SMILES string of the molecule is N#Cc1ccc(COc2ccc3c(c2)CCC(=O)N3)cc1. The van der Waals surface area contributed by atoms with Crippen molar-refractivity contribution in [1.82, 2.24) is 0 Å². The molecule has 1 N–H and O–H groups in total. The van der Waals surface area contributed by atoms with Crippen molar-refractivity contribution in [3.8, 4) is 11.8 Å². The summed E-state index contributed by atoms with van der Waals surface area (Å²) in [6.45, 7) is 0.455. The molecule has 0 saturated carbocycles. The Morgan fingerprint density at radius 2 is 1.95 bits per heavy atom. The van der Waals surface area contributed by atoms with Gasteiger partial charge in [-0.1, -0.05) is 12.1 Å². The molecule has 0 unspecified atom stereocenters. The molecule has 0 spiro atoms. The maximum absolute atomic E-state index is 11.3. The molecular formula is C17H14N2O2. The van der Waals surface area contributed by atoms with E-state index in [0.29, 0.717) is 18.6 Å². The van der Waals surface area contributed by atoms with Crippen LogP contribution >= 0.6 is 0 Å². The van der Waals surface area contributed by atoms with E-state index in [9.17, 15) is 4.79 Å². The molecule has 0 fully saturated rings. The topological polar surface area (TPSA) is 62.1 Å². The summed E-state index contributed by atoms with van der Waals surface area (Å²) in [5.74, 6) is 0.850. The van der Waals surface area contributed by atoms with Gasteiger partial charge in [0.05, 0.1) is 11.6 Å². The van der Waals surface area contributed by atoms with E-state index >= 15 is 0 Å². The largest absolute Gasteiger partial charge is 0.489 e. The molecule has 4 nitrogen and oxygen atoms in total. The predicted molar refractivity (Wildman–Crippen MR) is 78.9 cm³/mol. The molecule has 2 aromatic rings. The van der Waals surface area contributed by atoms with E-state index in [4.69, 9.17) is 10.00 Å². The van der Waals surface area contributed by atoms with Crippen LogP contribution in [0.1, 0.15) is 23.1 Å². The lowest BCUT2D eigenvalue weighted by Crippen LogP contribution is -2.18. The van der Waals surface area contributed by atoms with Gasteiger partial charge in [0.25, 0.3) is 0 Å². The number of hydrogen-bond donors (Lipinski definition) is 1. The smallest absolute Gasteiger partial charge is 0.224 e. The van der Waals surface area contributed by atoms with Crippen LogP contribution in [0, 0.1) is 11.3 Å². The van der Waals surface area contributed by atoms with E-state index in [2.05, 4.69) is 11.4 Å². The van der Waals surface area contributed by atoms with Gasteiger partial charge in [0, 0.05) is 12.1 Å². The van der Waals surface area contributed by atoms with Gasteiger partial charge in [-0.2, -0.15) is 5.26 Å². The van der Waals surface area contributed by atoms with Gasteiger partial charge in [0.2, 0.25) is 5.91 Å². The molecule has 0 aliphatic carbocycles. The first-order valence-electron chi connectivity index (χ1n) is 6.79. The molecule has 0 radical (unpaired) electrons. The van der Waals surface area contributed by atoms with E-state index in [1.165, 1.54) is 0 Å². The summed E-state index contributed by atoms with van der Waals surface area (Å²) in [4.78, 5) is 11.3. The second kappa shape index (κ2) is 5.68. The molecule has 4 heteroatoms. The molecule has 104 valence electrons. The fourth-order valence-electron chi connectivity index (χ4n) is 2.29. The zero-order valence-electron chi connectivity index (χ0n) is 11.4. The summed E-state index contributed by atoms with van der Waals surface area (Å²) in [6.07, 6.45) is 1.27. The Bertz CT molecular complexity index is 715. The standard InChI is InChI=1S/C17H14N2O2/c18-10-12-1-3-13(4-2-12)11-21-15-6-7-16-14(9-15)5-8-17(20)19-16/h1-4,6-7,9H,5,8,11H2,(H,19,20). The third-order valence-corrected chi connectivity index (χ3v) is 3.46. The van der Waals surface area contributed by atoms with Gasteiger partial charge in [-0.05, 0) is 47.9 Å². The van der Waals surface area contributed by atoms with Gasteiger partial charge in [0.15, 0.2) is 0 Å². The minimum atomic E-state index is 0.0637. The highest BCUT2D eigenvalue weighted by Crippen LogP contribution is 2.27. The van der Waals surface area contributed by atoms with Crippen LogP contribution in [0.4, 0.5) is 5.69 Å². The number of carbonyl (C=O) groups excluding carboxylic acids is 1. The number of rotatable bonds is 3. The van der Waals surface area contributed by atoms with Gasteiger partial charge in [-0.15, -0.1) is 0 Å². The number of amides is 1. The average molecular weight is 278 g/mol. The lowest BCUT2D eigenvalue weighted by Gasteiger charge is -2.17. The Morgan fingerprint density at radius 1 is 1.14 bits per heavy atom. The first kappa shape index (κ1) is 13.2. The van der Waals surface area contributed by atoms with Gasteiger partial charge in [-0.3, -0.25) is 4.79 Å². The highest BCUT2D eigenvalue weighted by molar-refractivity contribution is 5.93. The molecule has 0 aromatic heterocycles. The number of benzene rings is 2. The lowest BCUT2D eigenvalue weighted by atomic mass is 10.0. The Morgan fingerprint density at radius 3 is 2.71 bits per heavy atom. The minimum absolute atomic E-state index is 0.0637. The Hall–Kier alpha value is -2.80. The molecule has 1 amide bonds. The fraction of sp³-hybridized carbons (Fsp3) is 0.176. The van der Waals surface area contributed by atoms with Crippen molar-refractivity contribution in [2.75, 3.05) is 5.32 Å². The van der Waals surface area contributed by atoms with E-state index in [1.54, 1.807) is 12.1 Å². The summed E-state index contributed by atoms with van der Waals surface area (Å²) >= 11 is 0. The number of ether oxygens (including phenoxy) is 1. The predicted octanol–water partition coefficient (Wildman–Crippen LogP) is 3.02. The van der Waals surface area contributed by atoms with E-state index in [0.717, 1.165) is 29.0 Å². The van der Waals surface area contributed by atoms with Crippen molar-refractivity contribution in [3.05, 3.63) is 59.2 Å². The molecule has 0 bridgehead atoms. The second-order valence-electron chi connectivity index (χ2n) is 4.96. The Labute approximate surface area is 123 Å². The minimum Gasteiger partial charge on any atom is -0.489 e. The number of carbonyl (C=O) groups is 1. The maximum atomic E-state index is 11.3. The number of anilines is 1.